The van der Waals surface area contributed by atoms with E-state index in [1.54, 1.807) is 0 Å². The Hall–Kier alpha value is -0.930. The third-order valence-corrected chi connectivity index (χ3v) is 4.42. The van der Waals surface area contributed by atoms with Crippen molar-refractivity contribution in [3.63, 3.8) is 0 Å². The number of hydrogen-bond donors (Lipinski definition) is 1. The van der Waals surface area contributed by atoms with Gasteiger partial charge in [-0.1, -0.05) is 19.9 Å². The van der Waals surface area contributed by atoms with Crippen LogP contribution >= 0.6 is 0 Å². The van der Waals surface area contributed by atoms with Gasteiger partial charge in [-0.25, -0.2) is 0 Å². The normalized spacial score (nSPS) is 21.1. The maximum absolute atomic E-state index is 4.74. The highest BCUT2D eigenvalue weighted by Crippen LogP contribution is 2.25. The van der Waals surface area contributed by atoms with E-state index in [0.29, 0.717) is 0 Å². The lowest BCUT2D eigenvalue weighted by Gasteiger charge is -2.21. The Bertz CT molecular complexity index is 403. The second kappa shape index (κ2) is 7.75. The van der Waals surface area contributed by atoms with Gasteiger partial charge in [-0.3, -0.25) is 9.88 Å². The van der Waals surface area contributed by atoms with Crippen LogP contribution in [0.3, 0.4) is 0 Å². The lowest BCUT2D eigenvalue weighted by Crippen LogP contribution is -2.25. The Balaban J connectivity index is 1.91. The molecule has 1 saturated heterocycles. The van der Waals surface area contributed by atoms with Crippen molar-refractivity contribution < 1.29 is 0 Å². The van der Waals surface area contributed by atoms with Gasteiger partial charge >= 0.3 is 0 Å². The summed E-state index contributed by atoms with van der Waals surface area (Å²) >= 11 is 0. The summed E-state index contributed by atoms with van der Waals surface area (Å²) in [4.78, 5) is 7.31. The fraction of sp³-hybridized carbons (Fsp3) is 0.706. The van der Waals surface area contributed by atoms with Crippen molar-refractivity contribution in [2.24, 2.45) is 11.8 Å². The molecule has 0 spiro atoms. The van der Waals surface area contributed by atoms with Gasteiger partial charge in [0, 0.05) is 13.1 Å². The maximum atomic E-state index is 4.74. The van der Waals surface area contributed by atoms with Crippen molar-refractivity contribution in [2.45, 2.75) is 46.2 Å². The first-order valence-electron chi connectivity index (χ1n) is 8.01. The van der Waals surface area contributed by atoms with Crippen LogP contribution in [0.4, 0.5) is 0 Å². The summed E-state index contributed by atoms with van der Waals surface area (Å²) in [6.45, 7) is 9.03. The summed E-state index contributed by atoms with van der Waals surface area (Å²) in [6.07, 6.45) is 4.06. The first kappa shape index (κ1) is 15.5. The quantitative estimate of drug-likeness (QED) is 0.895. The Labute approximate surface area is 123 Å². The van der Waals surface area contributed by atoms with Crippen molar-refractivity contribution in [3.8, 4) is 0 Å². The zero-order chi connectivity index (χ0) is 14.4. The highest BCUT2D eigenvalue weighted by molar-refractivity contribution is 5.11. The van der Waals surface area contributed by atoms with Gasteiger partial charge in [-0.05, 0) is 63.4 Å². The minimum absolute atomic E-state index is 0.826. The van der Waals surface area contributed by atoms with E-state index in [9.17, 15) is 0 Å². The zero-order valence-electron chi connectivity index (χ0n) is 13.2. The Kier molecular flexibility index (Phi) is 5.99. The average Bonchev–Trinajstić information content (AvgIpc) is 2.65. The Morgan fingerprint density at radius 2 is 2.05 bits per heavy atom. The standard InChI is InChI=1S/C17H29N3/c1-14(2)15-6-5-10-20(11-9-15)13-17-8-4-7-16(19-17)12-18-3/h4,7-8,14-15,18H,5-6,9-13H2,1-3H3. The van der Waals surface area contributed by atoms with Crippen LogP contribution in [0.2, 0.25) is 0 Å². The predicted octanol–water partition coefficient (Wildman–Crippen LogP) is 3.06. The van der Waals surface area contributed by atoms with Gasteiger partial charge in [-0.15, -0.1) is 0 Å². The molecule has 0 radical (unpaired) electrons. The van der Waals surface area contributed by atoms with Gasteiger partial charge in [-0.2, -0.15) is 0 Å². The van der Waals surface area contributed by atoms with Crippen LogP contribution < -0.4 is 5.32 Å². The molecule has 1 N–H and O–H groups in total. The number of nitrogens with zero attached hydrogens (tertiary/aromatic N) is 2. The number of aromatic nitrogens is 1. The molecule has 1 aliphatic heterocycles. The van der Waals surface area contributed by atoms with E-state index in [2.05, 4.69) is 42.3 Å². The van der Waals surface area contributed by atoms with Crippen LogP contribution in [0.25, 0.3) is 0 Å². The summed E-state index contributed by atoms with van der Waals surface area (Å²) < 4.78 is 0. The molecule has 0 aliphatic carbocycles. The lowest BCUT2D eigenvalue weighted by atomic mass is 9.89. The van der Waals surface area contributed by atoms with Crippen molar-refractivity contribution in [2.75, 3.05) is 20.1 Å². The van der Waals surface area contributed by atoms with Crippen molar-refractivity contribution in [1.82, 2.24) is 15.2 Å². The first-order chi connectivity index (χ1) is 9.69. The molecule has 0 bridgehead atoms. The molecule has 112 valence electrons. The molecule has 1 unspecified atom stereocenters. The fourth-order valence-corrected chi connectivity index (χ4v) is 3.13. The maximum Gasteiger partial charge on any atom is 0.0547 e. The highest BCUT2D eigenvalue weighted by Gasteiger charge is 2.19. The molecular formula is C17H29N3. The minimum Gasteiger partial charge on any atom is -0.314 e. The second-order valence-corrected chi connectivity index (χ2v) is 6.36. The van der Waals surface area contributed by atoms with Gasteiger partial charge in [0.05, 0.1) is 11.4 Å². The topological polar surface area (TPSA) is 28.2 Å². The number of nitrogens with one attached hydrogen (secondary N) is 1. The fourth-order valence-electron chi connectivity index (χ4n) is 3.13. The number of hydrogen-bond acceptors (Lipinski definition) is 3. The van der Waals surface area contributed by atoms with E-state index in [1.807, 2.05) is 7.05 Å². The largest absolute Gasteiger partial charge is 0.314 e. The Morgan fingerprint density at radius 3 is 2.80 bits per heavy atom. The molecule has 2 heterocycles. The lowest BCUT2D eigenvalue weighted by molar-refractivity contribution is 0.262. The zero-order valence-corrected chi connectivity index (χ0v) is 13.2. The Morgan fingerprint density at radius 1 is 1.25 bits per heavy atom. The molecule has 1 aromatic rings. The van der Waals surface area contributed by atoms with Crippen LogP contribution in [-0.2, 0) is 13.1 Å². The van der Waals surface area contributed by atoms with E-state index in [0.717, 1.165) is 30.6 Å². The average molecular weight is 275 g/mol. The highest BCUT2D eigenvalue weighted by atomic mass is 15.1. The van der Waals surface area contributed by atoms with Gasteiger partial charge < -0.3 is 5.32 Å². The van der Waals surface area contributed by atoms with Crippen molar-refractivity contribution >= 4 is 0 Å². The SMILES string of the molecule is CNCc1cccc(CN2CCCC(C(C)C)CC2)n1. The summed E-state index contributed by atoms with van der Waals surface area (Å²) in [5.41, 5.74) is 2.35. The first-order valence-corrected chi connectivity index (χ1v) is 8.01. The van der Waals surface area contributed by atoms with Crippen LogP contribution in [0.5, 0.6) is 0 Å². The van der Waals surface area contributed by atoms with Gasteiger partial charge in [0.2, 0.25) is 0 Å². The van der Waals surface area contributed by atoms with E-state index in [1.165, 1.54) is 38.0 Å². The van der Waals surface area contributed by atoms with E-state index < -0.39 is 0 Å². The van der Waals surface area contributed by atoms with Gasteiger partial charge in [0.15, 0.2) is 0 Å². The van der Waals surface area contributed by atoms with Crippen LogP contribution in [0.1, 0.15) is 44.5 Å². The third-order valence-electron chi connectivity index (χ3n) is 4.42. The molecule has 3 heteroatoms. The molecule has 0 saturated carbocycles. The van der Waals surface area contributed by atoms with Crippen molar-refractivity contribution in [3.05, 3.63) is 29.6 Å². The third kappa shape index (κ3) is 4.57. The van der Waals surface area contributed by atoms with Crippen LogP contribution in [-0.4, -0.2) is 30.0 Å². The number of pyridine rings is 1. The number of likely N-dealkylation sites (tertiary alicyclic amines) is 1. The molecule has 1 aliphatic rings. The van der Waals surface area contributed by atoms with E-state index in [4.69, 9.17) is 4.98 Å². The molecule has 2 rings (SSSR count). The molecule has 1 fully saturated rings. The smallest absolute Gasteiger partial charge is 0.0547 e. The minimum atomic E-state index is 0.826. The predicted molar refractivity (Wildman–Crippen MR) is 84.5 cm³/mol. The van der Waals surface area contributed by atoms with E-state index >= 15 is 0 Å². The molecule has 20 heavy (non-hydrogen) atoms. The van der Waals surface area contributed by atoms with Crippen LogP contribution in [0.15, 0.2) is 18.2 Å². The summed E-state index contributed by atoms with van der Waals surface area (Å²) in [6, 6.07) is 6.38. The van der Waals surface area contributed by atoms with E-state index in [-0.39, 0.29) is 0 Å². The second-order valence-electron chi connectivity index (χ2n) is 6.36. The summed E-state index contributed by atoms with van der Waals surface area (Å²) in [5, 5.41) is 3.17. The summed E-state index contributed by atoms with van der Waals surface area (Å²) in [5.74, 6) is 1.73. The molecule has 1 atom stereocenters. The monoisotopic (exact) mass is 275 g/mol. The summed E-state index contributed by atoms with van der Waals surface area (Å²) in [7, 11) is 1.97. The molecule has 3 nitrogen and oxygen atoms in total. The molecule has 0 amide bonds. The number of rotatable bonds is 5. The molecule has 1 aromatic heterocycles. The molecule has 0 aromatic carbocycles. The van der Waals surface area contributed by atoms with Crippen molar-refractivity contribution in [1.29, 1.82) is 0 Å². The molecular weight excluding hydrogens is 246 g/mol. The van der Waals surface area contributed by atoms with Gasteiger partial charge in [0.25, 0.3) is 0 Å². The van der Waals surface area contributed by atoms with Crippen LogP contribution in [0, 0.1) is 11.8 Å². The van der Waals surface area contributed by atoms with Gasteiger partial charge in [0.1, 0.15) is 0 Å².